The molecular weight excluding hydrogens is 657 g/mol. The monoisotopic (exact) mass is 697 g/mol. The van der Waals surface area contributed by atoms with Crippen LogP contribution >= 0.6 is 18.6 Å². The Hall–Kier alpha value is -3.92. The molecule has 0 heterocycles. The van der Waals surface area contributed by atoms with Gasteiger partial charge in [0.05, 0.1) is 28.7 Å². The zero-order chi connectivity index (χ0) is 34.8. The van der Waals surface area contributed by atoms with Crippen LogP contribution in [0.4, 0.5) is 11.4 Å². The molecule has 0 fully saturated rings. The van der Waals surface area contributed by atoms with Gasteiger partial charge >= 0.3 is 35.6 Å². The van der Waals surface area contributed by atoms with Gasteiger partial charge in [-0.2, -0.15) is 5.26 Å². The number of halogens is 2. The molecule has 0 bridgehead atoms. The molecule has 4 aromatic carbocycles. The molecule has 5 nitrogen and oxygen atoms in total. The zero-order valence-electron chi connectivity index (χ0n) is 28.3. The Kier molecular flexibility index (Phi) is 17.6. The Morgan fingerprint density at radius 3 is 1.49 bits per heavy atom. The number of allylic oxidation sites excluding steroid dienone is 2. The minimum atomic E-state index is -0.556. The van der Waals surface area contributed by atoms with E-state index in [1.54, 1.807) is 7.05 Å². The molecule has 0 aliphatic heterocycles. The third-order valence-corrected chi connectivity index (χ3v) is 7.08. The molecule has 0 unspecified atom stereocenters. The number of rotatable bonds is 8. The summed E-state index contributed by atoms with van der Waals surface area (Å²) in [6, 6.07) is 34.5. The molecule has 242 valence electrons. The first-order chi connectivity index (χ1) is 22.6. The van der Waals surface area contributed by atoms with Gasteiger partial charge in [-0.15, -0.1) is 25.5 Å². The van der Waals surface area contributed by atoms with Crippen molar-refractivity contribution in [2.24, 2.45) is 9.98 Å². The molecule has 0 spiro atoms. The quantitative estimate of drug-likeness (QED) is 0.102. The van der Waals surface area contributed by atoms with Crippen LogP contribution in [-0.4, -0.2) is 25.5 Å². The van der Waals surface area contributed by atoms with Crippen LogP contribution in [0.1, 0.15) is 47.2 Å². The summed E-state index contributed by atoms with van der Waals surface area (Å²) < 4.78 is 0. The van der Waals surface area contributed by atoms with Crippen molar-refractivity contribution in [3.05, 3.63) is 153 Å². The number of hydrogen-bond donors (Lipinski definition) is 0. The van der Waals surface area contributed by atoms with Crippen LogP contribution < -0.4 is 0 Å². The van der Waals surface area contributed by atoms with Gasteiger partial charge in [0.2, 0.25) is 0 Å². The molecule has 0 N–H and O–H groups in total. The molecular formula is C39H41Cl2N5Ti-2. The topological polar surface area (TPSA) is 76.7 Å². The maximum atomic E-state index is 9.63. The van der Waals surface area contributed by atoms with Gasteiger partial charge in [0, 0.05) is 5.71 Å². The van der Waals surface area contributed by atoms with Crippen molar-refractivity contribution in [3.63, 3.8) is 0 Å². The van der Waals surface area contributed by atoms with Crippen molar-refractivity contribution in [1.82, 2.24) is 0 Å². The van der Waals surface area contributed by atoms with Gasteiger partial charge in [-0.1, -0.05) is 103 Å². The van der Waals surface area contributed by atoms with E-state index in [2.05, 4.69) is 60.9 Å². The predicted molar refractivity (Wildman–Crippen MR) is 201 cm³/mol. The fourth-order valence-corrected chi connectivity index (χ4v) is 4.77. The van der Waals surface area contributed by atoms with Gasteiger partial charge < -0.3 is 10.6 Å². The summed E-state index contributed by atoms with van der Waals surface area (Å²) in [7, 11) is 13.3. The molecule has 0 saturated carbocycles. The second-order valence-electron chi connectivity index (χ2n) is 10.5. The minimum absolute atomic E-state index is 0.501. The molecule has 4 rings (SSSR count). The molecule has 4 aromatic rings. The first-order valence-electron chi connectivity index (χ1n) is 15.0. The van der Waals surface area contributed by atoms with E-state index in [4.69, 9.17) is 28.6 Å². The SMILES string of the molecule is C[N-]/C(=C(/C#N)C(C)=Nc1c(C)cccc1C)c1ccccc1.C[N-]C(=CC(C)=Nc1c(C)cccc1C)c1ccccc1.[Cl][Ti][Cl]. The first-order valence-corrected chi connectivity index (χ1v) is 19.3. The molecule has 8 heteroatoms. The Balaban J connectivity index is 0.000000303. The molecule has 0 radical (unpaired) electrons. The van der Waals surface area contributed by atoms with E-state index in [0.29, 0.717) is 17.0 Å². The fourth-order valence-electron chi connectivity index (χ4n) is 4.77. The van der Waals surface area contributed by atoms with E-state index in [1.165, 1.54) is 11.1 Å². The summed E-state index contributed by atoms with van der Waals surface area (Å²) in [5.74, 6) is 0. The van der Waals surface area contributed by atoms with Crippen molar-refractivity contribution >= 4 is 52.8 Å². The third-order valence-electron chi connectivity index (χ3n) is 7.08. The number of aliphatic imine (C=N–C) groups is 2. The zero-order valence-corrected chi connectivity index (χ0v) is 31.4. The van der Waals surface area contributed by atoms with E-state index >= 15 is 0 Å². The summed E-state index contributed by atoms with van der Waals surface area (Å²) in [4.78, 5) is 9.45. The number of aryl methyl sites for hydroxylation is 4. The Morgan fingerprint density at radius 2 is 1.09 bits per heavy atom. The van der Waals surface area contributed by atoms with Crippen molar-refractivity contribution in [2.45, 2.75) is 41.5 Å². The number of nitrogens with zero attached hydrogens (tertiary/aromatic N) is 5. The van der Waals surface area contributed by atoms with Gasteiger partial charge in [-0.3, -0.25) is 9.98 Å². The number of para-hydroxylation sites is 2. The Labute approximate surface area is 297 Å². The summed E-state index contributed by atoms with van der Waals surface area (Å²) >= 11 is -0.556. The fraction of sp³-hybridized carbons (Fsp3) is 0.205. The van der Waals surface area contributed by atoms with Crippen LogP contribution in [0, 0.1) is 39.0 Å². The van der Waals surface area contributed by atoms with Crippen LogP contribution in [0.5, 0.6) is 0 Å². The third kappa shape index (κ3) is 12.3. The molecule has 0 aromatic heterocycles. The standard InChI is InChI=1S/C20H20N3.C19H21N2.2ClH.Ti/c1-14-9-8-10-15(2)19(14)23-16(3)18(13-21)20(22-4)17-11-6-5-7-12-17;1-14-9-8-10-15(2)19(14)21-16(3)13-18(20-4)17-11-6-5-7-12-17;;;/h5-12H,1-4H3;5-13H,1-4H3;2*1H;/q2*-1;;;+2/p-2/b20-18-,23-16?;;;;. The predicted octanol–water partition coefficient (Wildman–Crippen LogP) is 12.2. The number of nitriles is 1. The maximum absolute atomic E-state index is 9.63. The van der Waals surface area contributed by atoms with Crippen molar-refractivity contribution in [2.75, 3.05) is 14.1 Å². The van der Waals surface area contributed by atoms with Gasteiger partial charge in [-0.25, -0.2) is 0 Å². The van der Waals surface area contributed by atoms with Gasteiger partial charge in [0.1, 0.15) is 0 Å². The molecule has 0 aliphatic rings. The summed E-state index contributed by atoms with van der Waals surface area (Å²) in [6.07, 6.45) is 2.03. The van der Waals surface area contributed by atoms with Crippen molar-refractivity contribution < 1.29 is 17.0 Å². The molecule has 0 amide bonds. The van der Waals surface area contributed by atoms with Crippen LogP contribution in [0.15, 0.2) is 119 Å². The van der Waals surface area contributed by atoms with Crippen LogP contribution in [0.25, 0.3) is 22.0 Å². The molecule has 0 aliphatic carbocycles. The molecule has 47 heavy (non-hydrogen) atoms. The number of hydrogen-bond acceptors (Lipinski definition) is 3. The summed E-state index contributed by atoms with van der Waals surface area (Å²) in [5.41, 5.74) is 12.3. The first kappa shape index (κ1) is 39.3. The van der Waals surface area contributed by atoms with E-state index in [0.717, 1.165) is 45.0 Å². The van der Waals surface area contributed by atoms with Gasteiger partial charge in [-0.05, 0) is 74.9 Å². The van der Waals surface area contributed by atoms with E-state index < -0.39 is 17.0 Å². The molecule has 0 atom stereocenters. The van der Waals surface area contributed by atoms with Gasteiger partial charge in [0.25, 0.3) is 0 Å². The van der Waals surface area contributed by atoms with Crippen LogP contribution in [0.2, 0.25) is 0 Å². The summed E-state index contributed by atoms with van der Waals surface area (Å²) in [5, 5.41) is 18.3. The second kappa shape index (κ2) is 21.1. The van der Waals surface area contributed by atoms with Crippen molar-refractivity contribution in [1.29, 1.82) is 5.26 Å². The normalized spacial score (nSPS) is 11.9. The van der Waals surface area contributed by atoms with Crippen LogP contribution in [-0.2, 0) is 17.0 Å². The van der Waals surface area contributed by atoms with Crippen molar-refractivity contribution in [3.8, 4) is 6.07 Å². The number of benzene rings is 4. The average molecular weight is 699 g/mol. The van der Waals surface area contributed by atoms with E-state index in [1.807, 2.05) is 108 Å². The van der Waals surface area contributed by atoms with Crippen LogP contribution in [0.3, 0.4) is 0 Å². The molecule has 0 saturated heterocycles. The van der Waals surface area contributed by atoms with Gasteiger partial charge in [0.15, 0.2) is 0 Å². The Bertz CT molecular complexity index is 1720. The van der Waals surface area contributed by atoms with E-state index in [-0.39, 0.29) is 0 Å². The van der Waals surface area contributed by atoms with E-state index in [9.17, 15) is 5.26 Å². The Morgan fingerprint density at radius 1 is 0.660 bits per heavy atom. The average Bonchev–Trinajstić information content (AvgIpc) is 3.07. The second-order valence-corrected chi connectivity index (χ2v) is 13.1. The summed E-state index contributed by atoms with van der Waals surface area (Å²) in [6.45, 7) is 12.1.